The maximum absolute atomic E-state index is 12.7. The molecule has 4 fully saturated rings. The van der Waals surface area contributed by atoms with Crippen LogP contribution in [0.25, 0.3) is 0 Å². The van der Waals surface area contributed by atoms with E-state index in [-0.39, 0.29) is 18.1 Å². The molecule has 3 aliphatic heterocycles. The van der Waals surface area contributed by atoms with E-state index in [1.54, 1.807) is 13.4 Å². The molecule has 1 aliphatic carbocycles. The summed E-state index contributed by atoms with van der Waals surface area (Å²) in [5, 5.41) is 3.06. The molecule has 1 aromatic carbocycles. The lowest BCUT2D eigenvalue weighted by atomic mass is 9.88. The van der Waals surface area contributed by atoms with Gasteiger partial charge in [0.15, 0.2) is 0 Å². The number of piperidine rings is 1. The van der Waals surface area contributed by atoms with Gasteiger partial charge in [-0.1, -0.05) is 12.1 Å². The van der Waals surface area contributed by atoms with Crippen LogP contribution in [0.2, 0.25) is 0 Å². The number of amides is 2. The van der Waals surface area contributed by atoms with Crippen molar-refractivity contribution in [3.63, 3.8) is 0 Å². The fourth-order valence-corrected chi connectivity index (χ4v) is 4.28. The Kier molecular flexibility index (Phi) is 4.30. The van der Waals surface area contributed by atoms with Crippen molar-refractivity contribution in [2.45, 2.75) is 43.8 Å². The molecule has 2 amide bonds. The van der Waals surface area contributed by atoms with Gasteiger partial charge in [-0.05, 0) is 37.0 Å². The zero-order chi connectivity index (χ0) is 19.1. The van der Waals surface area contributed by atoms with Crippen LogP contribution in [0.5, 0.6) is 5.75 Å². The number of nitrogens with one attached hydrogen (secondary N) is 1. The van der Waals surface area contributed by atoms with Gasteiger partial charge in [0, 0.05) is 37.3 Å². The van der Waals surface area contributed by atoms with E-state index in [2.05, 4.69) is 26.3 Å². The van der Waals surface area contributed by atoms with Crippen LogP contribution in [0.15, 0.2) is 36.7 Å². The Balaban J connectivity index is 1.17. The molecule has 0 radical (unpaired) electrons. The molecule has 2 aromatic rings. The van der Waals surface area contributed by atoms with Crippen LogP contribution in [0.4, 0.5) is 10.6 Å². The fourth-order valence-electron chi connectivity index (χ4n) is 4.28. The summed E-state index contributed by atoms with van der Waals surface area (Å²) in [5.74, 6) is 2.45. The van der Waals surface area contributed by atoms with Crippen LogP contribution in [0.3, 0.4) is 0 Å². The number of ether oxygens (including phenoxy) is 1. The highest BCUT2D eigenvalue weighted by Gasteiger charge is 2.47. The number of carbonyl (C=O) groups is 1. The van der Waals surface area contributed by atoms with Crippen molar-refractivity contribution in [2.75, 3.05) is 25.1 Å². The molecule has 4 aliphatic rings. The third-order valence-electron chi connectivity index (χ3n) is 6.02. The number of fused-ring (bicyclic) bond motifs is 2. The Labute approximate surface area is 164 Å². The van der Waals surface area contributed by atoms with Crippen molar-refractivity contribution in [1.29, 1.82) is 0 Å². The van der Waals surface area contributed by atoms with Crippen molar-refractivity contribution in [3.05, 3.63) is 47.9 Å². The number of rotatable bonds is 5. The SMILES string of the molecule is COc1ccc(CNC(=O)N2C3CC2CN(c2cc(C4CC4)ncn2)C3)cc1. The first kappa shape index (κ1) is 17.3. The van der Waals surface area contributed by atoms with Gasteiger partial charge in [0.05, 0.1) is 19.2 Å². The van der Waals surface area contributed by atoms with Gasteiger partial charge >= 0.3 is 6.03 Å². The monoisotopic (exact) mass is 379 g/mol. The molecule has 6 rings (SSSR count). The number of urea groups is 1. The van der Waals surface area contributed by atoms with Crippen molar-refractivity contribution in [2.24, 2.45) is 0 Å². The van der Waals surface area contributed by atoms with E-state index in [0.29, 0.717) is 12.5 Å². The highest BCUT2D eigenvalue weighted by molar-refractivity contribution is 5.76. The number of hydrogen-bond donors (Lipinski definition) is 1. The first-order valence-electron chi connectivity index (χ1n) is 9.97. The molecule has 4 heterocycles. The van der Waals surface area contributed by atoms with Crippen LogP contribution in [-0.2, 0) is 6.54 Å². The summed E-state index contributed by atoms with van der Waals surface area (Å²) in [6.45, 7) is 2.21. The summed E-state index contributed by atoms with van der Waals surface area (Å²) in [7, 11) is 1.65. The van der Waals surface area contributed by atoms with Crippen LogP contribution < -0.4 is 15.0 Å². The molecule has 7 nitrogen and oxygen atoms in total. The van der Waals surface area contributed by atoms with E-state index in [9.17, 15) is 4.79 Å². The van der Waals surface area contributed by atoms with Gasteiger partial charge in [0.1, 0.15) is 17.9 Å². The highest BCUT2D eigenvalue weighted by Crippen LogP contribution is 2.40. The Morgan fingerprint density at radius 2 is 1.93 bits per heavy atom. The van der Waals surface area contributed by atoms with Crippen LogP contribution in [0.1, 0.15) is 36.4 Å². The average molecular weight is 379 g/mol. The van der Waals surface area contributed by atoms with Crippen LogP contribution in [0, 0.1) is 0 Å². The standard InChI is InChI=1S/C21H25N5O2/c1-28-18-6-2-14(3-7-18)10-22-21(27)26-16-8-17(26)12-25(11-16)20-9-19(15-4-5-15)23-13-24-20/h2-3,6-7,9,13,15-17H,4-5,8,10-12H2,1H3,(H,22,27). The minimum absolute atomic E-state index is 0.0260. The van der Waals surface area contributed by atoms with Gasteiger partial charge in [-0.3, -0.25) is 0 Å². The topological polar surface area (TPSA) is 70.6 Å². The highest BCUT2D eigenvalue weighted by atomic mass is 16.5. The molecule has 146 valence electrons. The number of carbonyl (C=O) groups excluding carboxylic acids is 1. The zero-order valence-corrected chi connectivity index (χ0v) is 16.0. The average Bonchev–Trinajstić information content (AvgIpc) is 3.58. The second kappa shape index (κ2) is 6.96. The smallest absolute Gasteiger partial charge is 0.318 e. The second-order valence-electron chi connectivity index (χ2n) is 7.94. The first-order valence-corrected chi connectivity index (χ1v) is 9.97. The Hall–Kier alpha value is -2.83. The molecule has 3 saturated heterocycles. The molecule has 2 atom stereocenters. The predicted octanol–water partition coefficient (Wildman–Crippen LogP) is 2.54. The summed E-state index contributed by atoms with van der Waals surface area (Å²) in [6, 6.07) is 10.5. The molecule has 1 aromatic heterocycles. The molecule has 7 heteroatoms. The number of methoxy groups -OCH3 is 1. The predicted molar refractivity (Wildman–Crippen MR) is 105 cm³/mol. The van der Waals surface area contributed by atoms with E-state index >= 15 is 0 Å². The van der Waals surface area contributed by atoms with Gasteiger partial charge in [-0.15, -0.1) is 0 Å². The number of nitrogens with zero attached hydrogens (tertiary/aromatic N) is 4. The second-order valence-corrected chi connectivity index (χ2v) is 7.94. The van der Waals surface area contributed by atoms with Gasteiger partial charge in [0.2, 0.25) is 0 Å². The number of hydrogen-bond acceptors (Lipinski definition) is 5. The molecule has 0 spiro atoms. The van der Waals surface area contributed by atoms with Gasteiger partial charge in [-0.2, -0.15) is 0 Å². The quantitative estimate of drug-likeness (QED) is 0.865. The maximum atomic E-state index is 12.7. The molecule has 1 saturated carbocycles. The minimum atomic E-state index is 0.0260. The third-order valence-corrected chi connectivity index (χ3v) is 6.02. The van der Waals surface area contributed by atoms with Crippen molar-refractivity contribution in [1.82, 2.24) is 20.2 Å². The molecular formula is C21H25N5O2. The largest absolute Gasteiger partial charge is 0.497 e. The van der Waals surface area contributed by atoms with E-state index in [1.165, 1.54) is 18.5 Å². The number of anilines is 1. The van der Waals surface area contributed by atoms with Gasteiger partial charge < -0.3 is 19.9 Å². The van der Waals surface area contributed by atoms with Gasteiger partial charge in [-0.25, -0.2) is 14.8 Å². The van der Waals surface area contributed by atoms with Gasteiger partial charge in [0.25, 0.3) is 0 Å². The number of aromatic nitrogens is 2. The van der Waals surface area contributed by atoms with Crippen molar-refractivity contribution >= 4 is 11.8 Å². The number of piperazine rings is 1. The normalized spacial score (nSPS) is 23.2. The summed E-state index contributed by atoms with van der Waals surface area (Å²) in [6.07, 6.45) is 5.24. The Morgan fingerprint density at radius 3 is 2.61 bits per heavy atom. The van der Waals surface area contributed by atoms with E-state index < -0.39 is 0 Å². The van der Waals surface area contributed by atoms with Crippen LogP contribution in [-0.4, -0.2) is 53.2 Å². The molecule has 2 unspecified atom stereocenters. The summed E-state index contributed by atoms with van der Waals surface area (Å²) in [4.78, 5) is 25.9. The Bertz CT molecular complexity index is 855. The third kappa shape index (κ3) is 3.25. The van der Waals surface area contributed by atoms with Crippen LogP contribution >= 0.6 is 0 Å². The van der Waals surface area contributed by atoms with Crippen molar-refractivity contribution < 1.29 is 9.53 Å². The van der Waals surface area contributed by atoms with E-state index in [0.717, 1.165) is 36.6 Å². The summed E-state index contributed by atoms with van der Waals surface area (Å²) >= 11 is 0. The Morgan fingerprint density at radius 1 is 1.18 bits per heavy atom. The lowest BCUT2D eigenvalue weighted by Crippen LogP contribution is -2.71. The van der Waals surface area contributed by atoms with E-state index in [4.69, 9.17) is 4.74 Å². The summed E-state index contributed by atoms with van der Waals surface area (Å²) < 4.78 is 5.17. The molecule has 1 N–H and O–H groups in total. The van der Waals surface area contributed by atoms with Crippen molar-refractivity contribution in [3.8, 4) is 5.75 Å². The fraction of sp³-hybridized carbons (Fsp3) is 0.476. The number of benzene rings is 1. The summed E-state index contributed by atoms with van der Waals surface area (Å²) in [5.41, 5.74) is 2.23. The minimum Gasteiger partial charge on any atom is -0.497 e. The molecule has 2 bridgehead atoms. The lowest BCUT2D eigenvalue weighted by Gasteiger charge is -2.56. The molecule has 28 heavy (non-hydrogen) atoms. The molecular weight excluding hydrogens is 354 g/mol. The maximum Gasteiger partial charge on any atom is 0.318 e. The van der Waals surface area contributed by atoms with E-state index in [1.807, 2.05) is 29.2 Å². The first-order chi connectivity index (χ1) is 13.7. The zero-order valence-electron chi connectivity index (χ0n) is 16.0. The lowest BCUT2D eigenvalue weighted by molar-refractivity contribution is 0.0365.